The third kappa shape index (κ3) is 3.51. The summed E-state index contributed by atoms with van der Waals surface area (Å²) in [4.78, 5) is 11.6. The normalized spacial score (nSPS) is 11.3. The second-order valence-corrected chi connectivity index (χ2v) is 3.60. The summed E-state index contributed by atoms with van der Waals surface area (Å²) in [5.41, 5.74) is 2.29. The van der Waals surface area contributed by atoms with Crippen molar-refractivity contribution in [1.29, 1.82) is 0 Å². The van der Waals surface area contributed by atoms with Crippen molar-refractivity contribution >= 4 is 11.6 Å². The summed E-state index contributed by atoms with van der Waals surface area (Å²) < 4.78 is 0. The van der Waals surface area contributed by atoms with Crippen LogP contribution in [0.15, 0.2) is 35.9 Å². The largest absolute Gasteiger partial charge is 0.392 e. The molecule has 0 saturated carbocycles. The Morgan fingerprint density at radius 3 is 2.50 bits per heavy atom. The average molecular weight is 219 g/mol. The lowest BCUT2D eigenvalue weighted by molar-refractivity contribution is -0.112. The first-order chi connectivity index (χ1) is 7.67. The van der Waals surface area contributed by atoms with E-state index in [9.17, 15) is 4.79 Å². The van der Waals surface area contributed by atoms with Crippen LogP contribution in [0.4, 0.5) is 5.69 Å². The number of aliphatic hydroxyl groups excluding tert-OH is 1. The van der Waals surface area contributed by atoms with Crippen LogP contribution in [0.5, 0.6) is 0 Å². The summed E-state index contributed by atoms with van der Waals surface area (Å²) in [6.07, 6.45) is 2.74. The minimum atomic E-state index is -0.0846. The molecule has 0 aliphatic rings. The lowest BCUT2D eigenvalue weighted by atomic mass is 10.2. The topological polar surface area (TPSA) is 49.3 Å². The van der Waals surface area contributed by atoms with Gasteiger partial charge in [-0.25, -0.2) is 0 Å². The van der Waals surface area contributed by atoms with E-state index >= 15 is 0 Å². The first-order valence-electron chi connectivity index (χ1n) is 5.35. The fourth-order valence-corrected chi connectivity index (χ4v) is 1.32. The highest BCUT2D eigenvalue weighted by Crippen LogP contribution is 2.10. The molecule has 0 aromatic heterocycles. The van der Waals surface area contributed by atoms with Gasteiger partial charge in [0, 0.05) is 11.3 Å². The predicted octanol–water partition coefficient (Wildman–Crippen LogP) is 2.47. The molecule has 0 aliphatic carbocycles. The van der Waals surface area contributed by atoms with Gasteiger partial charge in [0.2, 0.25) is 0 Å². The first kappa shape index (κ1) is 12.5. The van der Waals surface area contributed by atoms with Gasteiger partial charge in [0.05, 0.1) is 6.61 Å². The molecule has 0 spiro atoms. The molecule has 1 aromatic rings. The molecule has 0 bridgehead atoms. The van der Waals surface area contributed by atoms with Crippen LogP contribution in [0, 0.1) is 0 Å². The van der Waals surface area contributed by atoms with Gasteiger partial charge in [0.15, 0.2) is 0 Å². The maximum atomic E-state index is 11.6. The van der Waals surface area contributed by atoms with E-state index in [1.807, 2.05) is 13.0 Å². The van der Waals surface area contributed by atoms with E-state index in [1.54, 1.807) is 31.2 Å². The first-order valence-corrected chi connectivity index (χ1v) is 5.35. The van der Waals surface area contributed by atoms with Crippen LogP contribution in [0.3, 0.4) is 0 Å². The van der Waals surface area contributed by atoms with E-state index in [2.05, 4.69) is 5.32 Å². The summed E-state index contributed by atoms with van der Waals surface area (Å²) >= 11 is 0. The van der Waals surface area contributed by atoms with E-state index in [1.165, 1.54) is 0 Å². The highest BCUT2D eigenvalue weighted by atomic mass is 16.3. The molecule has 0 atom stereocenters. The molecule has 1 amide bonds. The van der Waals surface area contributed by atoms with E-state index < -0.39 is 0 Å². The Morgan fingerprint density at radius 1 is 1.38 bits per heavy atom. The molecule has 1 aromatic carbocycles. The Kier molecular flexibility index (Phi) is 4.73. The highest BCUT2D eigenvalue weighted by molar-refractivity contribution is 6.03. The maximum absolute atomic E-state index is 11.6. The molecule has 0 radical (unpaired) electrons. The Labute approximate surface area is 95.8 Å². The molecule has 0 saturated heterocycles. The summed E-state index contributed by atoms with van der Waals surface area (Å²) in [6.45, 7) is 3.80. The highest BCUT2D eigenvalue weighted by Gasteiger charge is 2.03. The van der Waals surface area contributed by atoms with Crippen molar-refractivity contribution < 1.29 is 9.90 Å². The lowest BCUT2D eigenvalue weighted by Gasteiger charge is -2.05. The summed E-state index contributed by atoms with van der Waals surface area (Å²) in [5.74, 6) is -0.0846. The SMILES string of the molecule is CCC=C(C)C(=O)Nc1ccc(CO)cc1. The monoisotopic (exact) mass is 219 g/mol. The number of benzene rings is 1. The van der Waals surface area contributed by atoms with Crippen LogP contribution < -0.4 is 5.32 Å². The molecular weight excluding hydrogens is 202 g/mol. The molecule has 0 heterocycles. The Bertz CT molecular complexity index is 379. The summed E-state index contributed by atoms with van der Waals surface area (Å²) in [6, 6.07) is 7.13. The van der Waals surface area contributed by atoms with Gasteiger partial charge in [-0.05, 0) is 31.0 Å². The number of carbonyl (C=O) groups is 1. The van der Waals surface area contributed by atoms with E-state index in [0.29, 0.717) is 5.57 Å². The van der Waals surface area contributed by atoms with Crippen LogP contribution in [0.1, 0.15) is 25.8 Å². The number of anilines is 1. The number of aliphatic hydroxyl groups is 1. The minimum absolute atomic E-state index is 0.0169. The van der Waals surface area contributed by atoms with Crippen molar-refractivity contribution in [1.82, 2.24) is 0 Å². The maximum Gasteiger partial charge on any atom is 0.250 e. The molecule has 3 nitrogen and oxygen atoms in total. The van der Waals surface area contributed by atoms with Gasteiger partial charge in [-0.1, -0.05) is 25.1 Å². The predicted molar refractivity (Wildman–Crippen MR) is 65.0 cm³/mol. The van der Waals surface area contributed by atoms with Crippen molar-refractivity contribution in [2.75, 3.05) is 5.32 Å². The second-order valence-electron chi connectivity index (χ2n) is 3.60. The van der Waals surface area contributed by atoms with Crippen molar-refractivity contribution in [3.05, 3.63) is 41.5 Å². The molecule has 3 heteroatoms. The van der Waals surface area contributed by atoms with Crippen LogP contribution >= 0.6 is 0 Å². The third-order valence-electron chi connectivity index (χ3n) is 2.26. The van der Waals surface area contributed by atoms with E-state index in [4.69, 9.17) is 5.11 Å². The van der Waals surface area contributed by atoms with Crippen LogP contribution in [-0.2, 0) is 11.4 Å². The molecule has 0 unspecified atom stereocenters. The van der Waals surface area contributed by atoms with Gasteiger partial charge in [-0.2, -0.15) is 0 Å². The zero-order valence-electron chi connectivity index (χ0n) is 9.66. The lowest BCUT2D eigenvalue weighted by Crippen LogP contribution is -2.12. The average Bonchev–Trinajstić information content (AvgIpc) is 2.30. The van der Waals surface area contributed by atoms with Crippen LogP contribution in [0.2, 0.25) is 0 Å². The van der Waals surface area contributed by atoms with Gasteiger partial charge in [0.1, 0.15) is 0 Å². The van der Waals surface area contributed by atoms with Gasteiger partial charge < -0.3 is 10.4 Å². The molecule has 2 N–H and O–H groups in total. The van der Waals surface area contributed by atoms with Gasteiger partial charge in [-0.3, -0.25) is 4.79 Å². The third-order valence-corrected chi connectivity index (χ3v) is 2.26. The fourth-order valence-electron chi connectivity index (χ4n) is 1.32. The standard InChI is InChI=1S/C13H17NO2/c1-3-4-10(2)13(16)14-12-7-5-11(9-15)6-8-12/h4-8,15H,3,9H2,1-2H3,(H,14,16). The number of rotatable bonds is 4. The molecule has 86 valence electrons. The molecule has 1 rings (SSSR count). The minimum Gasteiger partial charge on any atom is -0.392 e. The van der Waals surface area contributed by atoms with Crippen molar-refractivity contribution in [3.63, 3.8) is 0 Å². The molecule has 0 aliphatic heterocycles. The Morgan fingerprint density at radius 2 is 2.00 bits per heavy atom. The number of amides is 1. The van der Waals surface area contributed by atoms with Crippen molar-refractivity contribution in [2.24, 2.45) is 0 Å². The molecule has 0 fully saturated rings. The summed E-state index contributed by atoms with van der Waals surface area (Å²) in [5, 5.41) is 11.7. The smallest absolute Gasteiger partial charge is 0.250 e. The number of hydrogen-bond donors (Lipinski definition) is 2. The molecular formula is C13H17NO2. The molecule has 16 heavy (non-hydrogen) atoms. The quantitative estimate of drug-likeness (QED) is 0.764. The van der Waals surface area contributed by atoms with Gasteiger partial charge in [0.25, 0.3) is 5.91 Å². The zero-order valence-corrected chi connectivity index (χ0v) is 9.66. The van der Waals surface area contributed by atoms with Crippen molar-refractivity contribution in [2.45, 2.75) is 26.9 Å². The van der Waals surface area contributed by atoms with Crippen LogP contribution in [-0.4, -0.2) is 11.0 Å². The Balaban J connectivity index is 2.66. The summed E-state index contributed by atoms with van der Waals surface area (Å²) in [7, 11) is 0. The Hall–Kier alpha value is -1.61. The number of carbonyl (C=O) groups excluding carboxylic acids is 1. The zero-order chi connectivity index (χ0) is 12.0. The van der Waals surface area contributed by atoms with Crippen LogP contribution in [0.25, 0.3) is 0 Å². The number of nitrogens with one attached hydrogen (secondary N) is 1. The number of allylic oxidation sites excluding steroid dienone is 1. The van der Waals surface area contributed by atoms with Gasteiger partial charge >= 0.3 is 0 Å². The van der Waals surface area contributed by atoms with E-state index in [-0.39, 0.29) is 12.5 Å². The fraction of sp³-hybridized carbons (Fsp3) is 0.308. The number of hydrogen-bond acceptors (Lipinski definition) is 2. The van der Waals surface area contributed by atoms with E-state index in [0.717, 1.165) is 17.7 Å². The second kappa shape index (κ2) is 6.08. The van der Waals surface area contributed by atoms with Gasteiger partial charge in [-0.15, -0.1) is 0 Å². The van der Waals surface area contributed by atoms with Crippen molar-refractivity contribution in [3.8, 4) is 0 Å².